The third kappa shape index (κ3) is 3.66. The second-order valence-electron chi connectivity index (χ2n) is 5.41. The average molecular weight is 360 g/mol. The van der Waals surface area contributed by atoms with E-state index in [-0.39, 0.29) is 29.0 Å². The topological polar surface area (TPSA) is 119 Å². The minimum Gasteiger partial charge on any atom is -0.497 e. The molecule has 134 valence electrons. The second kappa shape index (κ2) is 8.38. The van der Waals surface area contributed by atoms with E-state index in [1.807, 2.05) is 6.07 Å². The highest BCUT2D eigenvalue weighted by molar-refractivity contribution is 6.10. The molecular formula is C20H16N4O3. The Morgan fingerprint density at radius 3 is 2.26 bits per heavy atom. The molecule has 27 heavy (non-hydrogen) atoms. The van der Waals surface area contributed by atoms with Gasteiger partial charge >= 0.3 is 5.97 Å². The maximum absolute atomic E-state index is 12.6. The molecule has 0 spiro atoms. The lowest BCUT2D eigenvalue weighted by atomic mass is 9.87. The number of carbonyl (C=O) groups excluding carboxylic acids is 1. The number of benzene rings is 1. The molecule has 1 aliphatic heterocycles. The standard InChI is InChI=1S/C20H16N4O3/c1-4-27-20(25)17-12(2)24-19(14(9-21)10-22)16(11-23)18(17)13-5-7-15(26-3)8-6-13/h5-8,24H,4H2,1-3H3. The number of hydrogen-bond acceptors (Lipinski definition) is 7. The van der Waals surface area contributed by atoms with Crippen molar-refractivity contribution in [3.8, 4) is 24.0 Å². The summed E-state index contributed by atoms with van der Waals surface area (Å²) in [6.45, 7) is 3.47. The van der Waals surface area contributed by atoms with Crippen LogP contribution in [0.5, 0.6) is 5.75 Å². The maximum atomic E-state index is 12.6. The molecule has 0 atom stereocenters. The first-order valence-corrected chi connectivity index (χ1v) is 8.01. The number of ether oxygens (including phenoxy) is 2. The smallest absolute Gasteiger partial charge is 0.340 e. The first kappa shape index (κ1) is 19.3. The van der Waals surface area contributed by atoms with Crippen molar-refractivity contribution in [3.05, 3.63) is 57.9 Å². The lowest BCUT2D eigenvalue weighted by molar-refractivity contribution is -0.138. The number of nitrogens with zero attached hydrogens (tertiary/aromatic N) is 3. The van der Waals surface area contributed by atoms with Crippen LogP contribution in [0.25, 0.3) is 5.57 Å². The maximum Gasteiger partial charge on any atom is 0.340 e. The van der Waals surface area contributed by atoms with Crippen molar-refractivity contribution in [2.24, 2.45) is 0 Å². The predicted octanol–water partition coefficient (Wildman–Crippen LogP) is 2.71. The van der Waals surface area contributed by atoms with Gasteiger partial charge in [-0.3, -0.25) is 0 Å². The monoisotopic (exact) mass is 360 g/mol. The quantitative estimate of drug-likeness (QED) is 0.647. The van der Waals surface area contributed by atoms with Crippen LogP contribution in [-0.2, 0) is 9.53 Å². The van der Waals surface area contributed by atoms with Crippen molar-refractivity contribution >= 4 is 11.5 Å². The van der Waals surface area contributed by atoms with Gasteiger partial charge in [-0.25, -0.2) is 4.79 Å². The van der Waals surface area contributed by atoms with E-state index in [4.69, 9.17) is 9.47 Å². The number of allylic oxidation sites excluding steroid dienone is 3. The average Bonchev–Trinajstić information content (AvgIpc) is 2.68. The van der Waals surface area contributed by atoms with Gasteiger partial charge in [-0.15, -0.1) is 0 Å². The third-order valence-electron chi connectivity index (χ3n) is 3.88. The normalized spacial score (nSPS) is 13.1. The van der Waals surface area contributed by atoms with Gasteiger partial charge in [0, 0.05) is 11.3 Å². The molecule has 1 N–H and O–H groups in total. The molecule has 1 aromatic carbocycles. The minimum atomic E-state index is -0.601. The molecule has 7 heteroatoms. The molecule has 0 amide bonds. The van der Waals surface area contributed by atoms with Gasteiger partial charge in [0.25, 0.3) is 0 Å². The molecule has 0 aliphatic carbocycles. The van der Waals surface area contributed by atoms with Crippen LogP contribution in [0.2, 0.25) is 0 Å². The van der Waals surface area contributed by atoms with Gasteiger partial charge in [0.15, 0.2) is 5.57 Å². The minimum absolute atomic E-state index is 0.0203. The Labute approximate surface area is 157 Å². The molecule has 2 rings (SSSR count). The van der Waals surface area contributed by atoms with Crippen LogP contribution < -0.4 is 10.1 Å². The van der Waals surface area contributed by atoms with Crippen molar-refractivity contribution in [2.45, 2.75) is 13.8 Å². The van der Waals surface area contributed by atoms with E-state index in [1.54, 1.807) is 50.3 Å². The summed E-state index contributed by atoms with van der Waals surface area (Å²) in [6, 6.07) is 12.3. The first-order valence-electron chi connectivity index (χ1n) is 8.01. The van der Waals surface area contributed by atoms with Gasteiger partial charge in [-0.1, -0.05) is 12.1 Å². The zero-order valence-electron chi connectivity index (χ0n) is 15.1. The summed E-state index contributed by atoms with van der Waals surface area (Å²) in [7, 11) is 1.53. The van der Waals surface area contributed by atoms with E-state index in [9.17, 15) is 20.6 Å². The highest BCUT2D eigenvalue weighted by Gasteiger charge is 2.31. The Bertz CT molecular complexity index is 978. The van der Waals surface area contributed by atoms with Crippen molar-refractivity contribution in [2.75, 3.05) is 13.7 Å². The van der Waals surface area contributed by atoms with Gasteiger partial charge < -0.3 is 14.8 Å². The molecule has 1 aromatic rings. The van der Waals surface area contributed by atoms with Gasteiger partial charge in [-0.2, -0.15) is 15.8 Å². The number of esters is 1. The molecule has 1 aliphatic rings. The summed E-state index contributed by atoms with van der Waals surface area (Å²) in [5.74, 6) is 0.00580. The summed E-state index contributed by atoms with van der Waals surface area (Å²) >= 11 is 0. The molecule has 0 radical (unpaired) electrons. The molecule has 0 fully saturated rings. The Kier molecular flexibility index (Phi) is 5.99. The Morgan fingerprint density at radius 2 is 1.78 bits per heavy atom. The SMILES string of the molecule is CCOC(=O)C1=C(C)NC(=C(C#N)C#N)C(C#N)=C1c1ccc(OC)cc1. The predicted molar refractivity (Wildman–Crippen MR) is 96.2 cm³/mol. The molecular weight excluding hydrogens is 344 g/mol. The van der Waals surface area contributed by atoms with E-state index in [1.165, 1.54) is 7.11 Å². The molecule has 7 nitrogen and oxygen atoms in total. The number of dihydropyridines is 1. The van der Waals surface area contributed by atoms with Crippen LogP contribution in [0.15, 0.2) is 52.4 Å². The van der Waals surface area contributed by atoms with Gasteiger partial charge in [0.1, 0.15) is 24.0 Å². The second-order valence-corrected chi connectivity index (χ2v) is 5.41. The van der Waals surface area contributed by atoms with E-state index >= 15 is 0 Å². The summed E-state index contributed by atoms with van der Waals surface area (Å²) in [4.78, 5) is 12.6. The van der Waals surface area contributed by atoms with Crippen LogP contribution >= 0.6 is 0 Å². The number of hydrogen-bond donors (Lipinski definition) is 1. The molecule has 0 bridgehead atoms. The van der Waals surface area contributed by atoms with E-state index in [2.05, 4.69) is 5.32 Å². The number of rotatable bonds is 4. The zero-order chi connectivity index (χ0) is 20.0. The van der Waals surface area contributed by atoms with Crippen LogP contribution in [0, 0.1) is 34.0 Å². The van der Waals surface area contributed by atoms with Gasteiger partial charge in [0.05, 0.1) is 30.6 Å². The Balaban J connectivity index is 2.85. The van der Waals surface area contributed by atoms with Crippen molar-refractivity contribution in [1.82, 2.24) is 5.32 Å². The van der Waals surface area contributed by atoms with E-state index < -0.39 is 5.97 Å². The van der Waals surface area contributed by atoms with Crippen LogP contribution in [0.4, 0.5) is 0 Å². The molecule has 0 aromatic heterocycles. The van der Waals surface area contributed by atoms with Crippen molar-refractivity contribution in [1.29, 1.82) is 15.8 Å². The lowest BCUT2D eigenvalue weighted by Gasteiger charge is -2.25. The van der Waals surface area contributed by atoms with E-state index in [0.717, 1.165) is 0 Å². The molecule has 0 saturated carbocycles. The zero-order valence-corrected chi connectivity index (χ0v) is 15.1. The first-order chi connectivity index (χ1) is 13.0. The fraction of sp³-hybridized carbons (Fsp3) is 0.200. The summed E-state index contributed by atoms with van der Waals surface area (Å²) in [6.07, 6.45) is 0. The molecule has 0 unspecified atom stereocenters. The van der Waals surface area contributed by atoms with Crippen molar-refractivity contribution in [3.63, 3.8) is 0 Å². The summed E-state index contributed by atoms with van der Waals surface area (Å²) < 4.78 is 10.3. The van der Waals surface area contributed by atoms with Crippen LogP contribution in [0.3, 0.4) is 0 Å². The van der Waals surface area contributed by atoms with Gasteiger partial charge in [0.2, 0.25) is 0 Å². The fourth-order valence-electron chi connectivity index (χ4n) is 2.69. The number of carbonyl (C=O) groups is 1. The highest BCUT2D eigenvalue weighted by Crippen LogP contribution is 2.37. The largest absolute Gasteiger partial charge is 0.497 e. The highest BCUT2D eigenvalue weighted by atomic mass is 16.5. The number of nitrogens with one attached hydrogen (secondary N) is 1. The Morgan fingerprint density at radius 1 is 1.15 bits per heavy atom. The lowest BCUT2D eigenvalue weighted by Crippen LogP contribution is -2.26. The summed E-state index contributed by atoms with van der Waals surface area (Å²) in [5, 5.41) is 31.1. The molecule has 0 saturated heterocycles. The molecule has 1 heterocycles. The van der Waals surface area contributed by atoms with Gasteiger partial charge in [-0.05, 0) is 31.5 Å². The summed E-state index contributed by atoms with van der Waals surface area (Å²) in [5.41, 5.74) is 1.26. The van der Waals surface area contributed by atoms with Crippen LogP contribution in [-0.4, -0.2) is 19.7 Å². The third-order valence-corrected chi connectivity index (χ3v) is 3.88. The number of methoxy groups -OCH3 is 1. The van der Waals surface area contributed by atoms with E-state index in [0.29, 0.717) is 22.6 Å². The Hall–Kier alpha value is -4.02. The number of nitriles is 3. The van der Waals surface area contributed by atoms with Crippen LogP contribution in [0.1, 0.15) is 19.4 Å². The van der Waals surface area contributed by atoms with Crippen molar-refractivity contribution < 1.29 is 14.3 Å². The fourth-order valence-corrected chi connectivity index (χ4v) is 2.69.